The summed E-state index contributed by atoms with van der Waals surface area (Å²) in [6, 6.07) is 0. The molecule has 2 nitrogen and oxygen atoms in total. The van der Waals surface area contributed by atoms with Gasteiger partial charge in [-0.1, -0.05) is 6.08 Å². The van der Waals surface area contributed by atoms with Crippen molar-refractivity contribution in [3.8, 4) is 0 Å². The smallest absolute Gasteiger partial charge is 0.0501 e. The van der Waals surface area contributed by atoms with Crippen molar-refractivity contribution in [2.45, 2.75) is 25.7 Å². The summed E-state index contributed by atoms with van der Waals surface area (Å²) < 4.78 is 0. The monoisotopic (exact) mass is 138 g/mol. The van der Waals surface area contributed by atoms with Crippen LogP contribution in [0.2, 0.25) is 0 Å². The molecule has 4 N–H and O–H groups in total. The van der Waals surface area contributed by atoms with E-state index in [0.29, 0.717) is 0 Å². The second-order valence-corrected chi connectivity index (χ2v) is 2.63. The maximum absolute atomic E-state index is 5.65. The van der Waals surface area contributed by atoms with Crippen LogP contribution < -0.4 is 11.5 Å². The zero-order chi connectivity index (χ0) is 7.40. The highest BCUT2D eigenvalue weighted by Crippen LogP contribution is 2.11. The molecular formula is C8H14N2. The topological polar surface area (TPSA) is 52.0 Å². The molecule has 10 heavy (non-hydrogen) atoms. The fourth-order valence-electron chi connectivity index (χ4n) is 1.04. The van der Waals surface area contributed by atoms with Crippen molar-refractivity contribution in [2.75, 3.05) is 0 Å². The normalized spacial score (nSPS) is 20.4. The van der Waals surface area contributed by atoms with Gasteiger partial charge < -0.3 is 11.5 Å². The van der Waals surface area contributed by atoms with Crippen LogP contribution in [-0.2, 0) is 0 Å². The van der Waals surface area contributed by atoms with E-state index in [0.717, 1.165) is 30.7 Å². The SMILES string of the molecule is NC1=C(N)CCCCC=C1. The third kappa shape index (κ3) is 1.79. The Kier molecular flexibility index (Phi) is 2.37. The zero-order valence-corrected chi connectivity index (χ0v) is 6.14. The largest absolute Gasteiger partial charge is 0.400 e. The average Bonchev–Trinajstić information content (AvgIpc) is 1.92. The first-order chi connectivity index (χ1) is 4.80. The second-order valence-electron chi connectivity index (χ2n) is 2.63. The maximum Gasteiger partial charge on any atom is 0.0501 e. The molecule has 0 bridgehead atoms. The van der Waals surface area contributed by atoms with Crippen molar-refractivity contribution < 1.29 is 0 Å². The van der Waals surface area contributed by atoms with E-state index in [1.807, 2.05) is 6.08 Å². The first kappa shape index (κ1) is 7.19. The summed E-state index contributed by atoms with van der Waals surface area (Å²) in [5.41, 5.74) is 12.9. The van der Waals surface area contributed by atoms with Gasteiger partial charge in [-0.25, -0.2) is 0 Å². The number of hydrogen-bond acceptors (Lipinski definition) is 2. The lowest BCUT2D eigenvalue weighted by Crippen LogP contribution is -2.08. The molecule has 0 aliphatic heterocycles. The van der Waals surface area contributed by atoms with Gasteiger partial charge in [-0.05, 0) is 31.8 Å². The van der Waals surface area contributed by atoms with Crippen molar-refractivity contribution in [1.29, 1.82) is 0 Å². The Morgan fingerprint density at radius 1 is 1.20 bits per heavy atom. The predicted octanol–water partition coefficient (Wildman–Crippen LogP) is 1.25. The molecule has 0 saturated heterocycles. The number of rotatable bonds is 0. The molecule has 0 atom stereocenters. The van der Waals surface area contributed by atoms with Crippen molar-refractivity contribution in [1.82, 2.24) is 0 Å². The van der Waals surface area contributed by atoms with E-state index in [1.54, 1.807) is 0 Å². The van der Waals surface area contributed by atoms with Crippen LogP contribution in [0.1, 0.15) is 25.7 Å². The van der Waals surface area contributed by atoms with Crippen LogP contribution in [0.15, 0.2) is 23.5 Å². The van der Waals surface area contributed by atoms with Crippen LogP contribution in [-0.4, -0.2) is 0 Å². The molecule has 0 aromatic heterocycles. The van der Waals surface area contributed by atoms with E-state index >= 15 is 0 Å². The Hall–Kier alpha value is -0.920. The molecular weight excluding hydrogens is 124 g/mol. The third-order valence-corrected chi connectivity index (χ3v) is 1.74. The molecule has 0 spiro atoms. The fraction of sp³-hybridized carbons (Fsp3) is 0.500. The predicted molar refractivity (Wildman–Crippen MR) is 43.0 cm³/mol. The molecule has 1 aliphatic carbocycles. The van der Waals surface area contributed by atoms with Gasteiger partial charge in [0.25, 0.3) is 0 Å². The molecule has 1 aliphatic rings. The summed E-state index contributed by atoms with van der Waals surface area (Å²) in [4.78, 5) is 0. The number of hydrogen-bond donors (Lipinski definition) is 2. The van der Waals surface area contributed by atoms with Crippen LogP contribution in [0.3, 0.4) is 0 Å². The summed E-state index contributed by atoms with van der Waals surface area (Å²) in [6.07, 6.45) is 8.47. The Balaban J connectivity index is 2.67. The van der Waals surface area contributed by atoms with E-state index in [-0.39, 0.29) is 0 Å². The Morgan fingerprint density at radius 2 is 2.00 bits per heavy atom. The van der Waals surface area contributed by atoms with Crippen molar-refractivity contribution in [3.05, 3.63) is 23.5 Å². The third-order valence-electron chi connectivity index (χ3n) is 1.74. The summed E-state index contributed by atoms with van der Waals surface area (Å²) in [7, 11) is 0. The summed E-state index contributed by atoms with van der Waals surface area (Å²) in [6.45, 7) is 0. The van der Waals surface area contributed by atoms with Crippen molar-refractivity contribution in [3.63, 3.8) is 0 Å². The minimum Gasteiger partial charge on any atom is -0.400 e. The highest BCUT2D eigenvalue weighted by Gasteiger charge is 1.98. The van der Waals surface area contributed by atoms with Gasteiger partial charge in [0, 0.05) is 5.70 Å². The number of nitrogens with two attached hydrogens (primary N) is 2. The molecule has 0 unspecified atom stereocenters. The minimum atomic E-state index is 0.750. The lowest BCUT2D eigenvalue weighted by Gasteiger charge is -2.06. The highest BCUT2D eigenvalue weighted by atomic mass is 14.7. The van der Waals surface area contributed by atoms with Crippen LogP contribution in [0.4, 0.5) is 0 Å². The molecule has 2 heteroatoms. The molecule has 0 aromatic rings. The molecule has 0 aromatic carbocycles. The van der Waals surface area contributed by atoms with Gasteiger partial charge in [0.2, 0.25) is 0 Å². The Labute approximate surface area is 61.6 Å². The van der Waals surface area contributed by atoms with Crippen LogP contribution in [0.5, 0.6) is 0 Å². The molecule has 0 radical (unpaired) electrons. The van der Waals surface area contributed by atoms with Crippen LogP contribution >= 0.6 is 0 Å². The molecule has 0 heterocycles. The maximum atomic E-state index is 5.65. The zero-order valence-electron chi connectivity index (χ0n) is 6.14. The standard InChI is InChI=1S/C8H14N2/c9-7-5-3-1-2-4-6-8(7)10/h3,5H,1-2,4,6,9-10H2. The molecule has 0 fully saturated rings. The van der Waals surface area contributed by atoms with Crippen LogP contribution in [0, 0.1) is 0 Å². The van der Waals surface area contributed by atoms with Gasteiger partial charge in [-0.2, -0.15) is 0 Å². The molecule has 1 rings (SSSR count). The minimum absolute atomic E-state index is 0.750. The van der Waals surface area contributed by atoms with E-state index in [9.17, 15) is 0 Å². The van der Waals surface area contributed by atoms with Crippen molar-refractivity contribution in [2.24, 2.45) is 11.5 Å². The first-order valence-corrected chi connectivity index (χ1v) is 3.71. The van der Waals surface area contributed by atoms with E-state index in [4.69, 9.17) is 11.5 Å². The van der Waals surface area contributed by atoms with Gasteiger partial charge in [-0.3, -0.25) is 0 Å². The van der Waals surface area contributed by atoms with Gasteiger partial charge in [0.15, 0.2) is 0 Å². The molecule has 0 saturated carbocycles. The van der Waals surface area contributed by atoms with Crippen molar-refractivity contribution >= 4 is 0 Å². The first-order valence-electron chi connectivity index (χ1n) is 3.71. The van der Waals surface area contributed by atoms with E-state index < -0.39 is 0 Å². The Bertz CT molecular complexity index is 168. The summed E-state index contributed by atoms with van der Waals surface area (Å²) in [5.74, 6) is 0. The number of allylic oxidation sites excluding steroid dienone is 3. The lowest BCUT2D eigenvalue weighted by atomic mass is 10.1. The molecule has 0 amide bonds. The van der Waals surface area contributed by atoms with Gasteiger partial charge in [-0.15, -0.1) is 0 Å². The quantitative estimate of drug-likeness (QED) is 0.529. The fourth-order valence-corrected chi connectivity index (χ4v) is 1.04. The second kappa shape index (κ2) is 3.30. The van der Waals surface area contributed by atoms with Gasteiger partial charge in [0.1, 0.15) is 0 Å². The van der Waals surface area contributed by atoms with Gasteiger partial charge in [0.05, 0.1) is 5.70 Å². The Morgan fingerprint density at radius 3 is 2.80 bits per heavy atom. The molecule has 56 valence electrons. The summed E-state index contributed by atoms with van der Waals surface area (Å²) in [5, 5.41) is 0. The van der Waals surface area contributed by atoms with E-state index in [2.05, 4.69) is 6.08 Å². The average molecular weight is 138 g/mol. The highest BCUT2D eigenvalue weighted by molar-refractivity contribution is 5.21. The van der Waals surface area contributed by atoms with Crippen LogP contribution in [0.25, 0.3) is 0 Å². The van der Waals surface area contributed by atoms with E-state index in [1.165, 1.54) is 6.42 Å². The van der Waals surface area contributed by atoms with Gasteiger partial charge >= 0.3 is 0 Å². The summed E-state index contributed by atoms with van der Waals surface area (Å²) >= 11 is 0. The lowest BCUT2D eigenvalue weighted by molar-refractivity contribution is 0.726.